The fourth-order valence-corrected chi connectivity index (χ4v) is 3.27. The predicted octanol–water partition coefficient (Wildman–Crippen LogP) is 3.26. The minimum atomic E-state index is -0.850. The molecule has 2 aromatic rings. The third-order valence-electron chi connectivity index (χ3n) is 4.29. The highest BCUT2D eigenvalue weighted by molar-refractivity contribution is 6.31. The number of aliphatic carboxylic acids is 1. The van der Waals surface area contributed by atoms with Crippen molar-refractivity contribution in [2.45, 2.75) is 25.7 Å². The number of rotatable bonds is 6. The molecule has 1 aliphatic heterocycles. The molecule has 5 nitrogen and oxygen atoms in total. The molecule has 0 radical (unpaired) electrons. The zero-order chi connectivity index (χ0) is 18.5. The third kappa shape index (κ3) is 4.55. The molecule has 2 aromatic carbocycles. The van der Waals surface area contributed by atoms with Crippen molar-refractivity contribution in [1.29, 1.82) is 0 Å². The van der Waals surface area contributed by atoms with Crippen LogP contribution in [0, 0.1) is 0 Å². The number of benzene rings is 2. The molecule has 0 unspecified atom stereocenters. The lowest BCUT2D eigenvalue weighted by molar-refractivity contribution is -0.136. The number of hydrogen-bond donors (Lipinski definition) is 2. The van der Waals surface area contributed by atoms with Crippen molar-refractivity contribution in [1.82, 2.24) is 5.32 Å². The number of amides is 1. The number of carboxylic acids is 1. The number of carboxylic acid groups (broad SMARTS) is 1. The van der Waals surface area contributed by atoms with Gasteiger partial charge in [-0.3, -0.25) is 9.59 Å². The number of carbonyl (C=O) groups excluding carboxylic acids is 1. The third-order valence-corrected chi connectivity index (χ3v) is 4.51. The van der Waals surface area contributed by atoms with E-state index in [9.17, 15) is 9.59 Å². The quantitative estimate of drug-likeness (QED) is 0.814. The van der Waals surface area contributed by atoms with Crippen LogP contribution in [0.4, 0.5) is 0 Å². The van der Waals surface area contributed by atoms with Gasteiger partial charge in [-0.25, -0.2) is 0 Å². The molecule has 0 fully saturated rings. The first kappa shape index (κ1) is 18.3. The molecule has 26 heavy (non-hydrogen) atoms. The maximum atomic E-state index is 12.5. The number of carbonyl (C=O) groups is 2. The number of nitrogens with one attached hydrogen (secondary N) is 1. The van der Waals surface area contributed by atoms with E-state index in [-0.39, 0.29) is 12.3 Å². The molecule has 0 aliphatic carbocycles. The van der Waals surface area contributed by atoms with Gasteiger partial charge in [0.1, 0.15) is 5.75 Å². The summed E-state index contributed by atoms with van der Waals surface area (Å²) in [5.74, 6) is -0.415. The van der Waals surface area contributed by atoms with Crippen LogP contribution < -0.4 is 10.1 Å². The van der Waals surface area contributed by atoms with Gasteiger partial charge in [-0.05, 0) is 48.1 Å². The summed E-state index contributed by atoms with van der Waals surface area (Å²) in [6.07, 6.45) is 2.45. The van der Waals surface area contributed by atoms with E-state index in [4.69, 9.17) is 21.4 Å². The van der Waals surface area contributed by atoms with Crippen molar-refractivity contribution in [3.8, 4) is 5.75 Å². The summed E-state index contributed by atoms with van der Waals surface area (Å²) in [4.78, 5) is 23.2. The molecule has 0 bridgehead atoms. The summed E-state index contributed by atoms with van der Waals surface area (Å²) >= 11 is 6.13. The summed E-state index contributed by atoms with van der Waals surface area (Å²) < 4.78 is 5.67. The first-order valence-corrected chi connectivity index (χ1v) is 8.94. The first-order valence-electron chi connectivity index (χ1n) is 8.56. The second-order valence-electron chi connectivity index (χ2n) is 6.29. The van der Waals surface area contributed by atoms with Gasteiger partial charge in [-0.2, -0.15) is 0 Å². The molecule has 0 saturated carbocycles. The van der Waals surface area contributed by atoms with Crippen LogP contribution >= 0.6 is 11.6 Å². The molecule has 6 heteroatoms. The van der Waals surface area contributed by atoms with E-state index < -0.39 is 5.97 Å². The minimum Gasteiger partial charge on any atom is -0.492 e. The van der Waals surface area contributed by atoms with Crippen LogP contribution in [0.1, 0.15) is 33.5 Å². The van der Waals surface area contributed by atoms with E-state index in [2.05, 4.69) is 5.32 Å². The summed E-state index contributed by atoms with van der Waals surface area (Å²) in [7, 11) is 0. The lowest BCUT2D eigenvalue weighted by Gasteiger charge is -2.20. The van der Waals surface area contributed by atoms with E-state index in [1.165, 1.54) is 0 Å². The average molecular weight is 374 g/mol. The topological polar surface area (TPSA) is 75.6 Å². The zero-order valence-electron chi connectivity index (χ0n) is 14.3. The van der Waals surface area contributed by atoms with Gasteiger partial charge in [0.05, 0.1) is 18.6 Å². The van der Waals surface area contributed by atoms with Crippen LogP contribution in [-0.4, -0.2) is 30.1 Å². The smallest absolute Gasteiger partial charge is 0.307 e. The van der Waals surface area contributed by atoms with Crippen molar-refractivity contribution in [2.75, 3.05) is 13.2 Å². The van der Waals surface area contributed by atoms with Crippen LogP contribution in [0.25, 0.3) is 0 Å². The Bertz CT molecular complexity index is 817. The van der Waals surface area contributed by atoms with Crippen LogP contribution in [0.2, 0.25) is 5.02 Å². The van der Waals surface area contributed by atoms with Crippen molar-refractivity contribution < 1.29 is 19.4 Å². The first-order chi connectivity index (χ1) is 12.5. The van der Waals surface area contributed by atoms with Crippen LogP contribution in [0.3, 0.4) is 0 Å². The Hall–Kier alpha value is -2.53. The Labute approximate surface area is 156 Å². The lowest BCUT2D eigenvalue weighted by Crippen LogP contribution is -2.27. The van der Waals surface area contributed by atoms with Crippen molar-refractivity contribution in [2.24, 2.45) is 0 Å². The van der Waals surface area contributed by atoms with Gasteiger partial charge in [0, 0.05) is 11.6 Å². The Morgan fingerprint density at radius 1 is 1.15 bits per heavy atom. The summed E-state index contributed by atoms with van der Waals surface area (Å²) in [5, 5.41) is 12.2. The summed E-state index contributed by atoms with van der Waals surface area (Å²) in [5.41, 5.74) is 3.24. The van der Waals surface area contributed by atoms with Crippen molar-refractivity contribution in [3.05, 3.63) is 63.7 Å². The predicted molar refractivity (Wildman–Crippen MR) is 99.1 cm³/mol. The molecular weight excluding hydrogens is 354 g/mol. The van der Waals surface area contributed by atoms with Crippen molar-refractivity contribution in [3.63, 3.8) is 0 Å². The van der Waals surface area contributed by atoms with Gasteiger partial charge >= 0.3 is 5.97 Å². The molecular formula is C20H20ClNO4. The molecule has 1 heterocycles. The van der Waals surface area contributed by atoms with Gasteiger partial charge in [-0.15, -0.1) is 0 Å². The zero-order valence-corrected chi connectivity index (χ0v) is 15.0. The van der Waals surface area contributed by atoms with Gasteiger partial charge in [0.2, 0.25) is 0 Å². The van der Waals surface area contributed by atoms with E-state index in [1.807, 2.05) is 18.2 Å². The molecule has 0 aromatic heterocycles. The SMILES string of the molecule is O=C(O)Cc1ccc(CCNC(=O)c2cc(Cl)cc3c2OCCC3)cc1. The average Bonchev–Trinajstić information content (AvgIpc) is 2.62. The molecule has 1 amide bonds. The molecule has 3 rings (SSSR count). The molecule has 1 aliphatic rings. The Morgan fingerprint density at radius 2 is 1.88 bits per heavy atom. The largest absolute Gasteiger partial charge is 0.492 e. The highest BCUT2D eigenvalue weighted by atomic mass is 35.5. The molecule has 136 valence electrons. The highest BCUT2D eigenvalue weighted by Crippen LogP contribution is 2.32. The number of fused-ring (bicyclic) bond motifs is 1. The number of ether oxygens (including phenoxy) is 1. The maximum Gasteiger partial charge on any atom is 0.307 e. The van der Waals surface area contributed by atoms with E-state index in [0.29, 0.717) is 35.9 Å². The summed E-state index contributed by atoms with van der Waals surface area (Å²) in [6, 6.07) is 10.9. The molecule has 2 N–H and O–H groups in total. The maximum absolute atomic E-state index is 12.5. The van der Waals surface area contributed by atoms with Crippen LogP contribution in [-0.2, 0) is 24.1 Å². The van der Waals surface area contributed by atoms with Crippen molar-refractivity contribution >= 4 is 23.5 Å². The second-order valence-corrected chi connectivity index (χ2v) is 6.72. The number of halogens is 1. The van der Waals surface area contributed by atoms with Gasteiger partial charge in [0.25, 0.3) is 5.91 Å². The number of hydrogen-bond acceptors (Lipinski definition) is 3. The highest BCUT2D eigenvalue weighted by Gasteiger charge is 2.20. The minimum absolute atomic E-state index is 0.0108. The Balaban J connectivity index is 1.59. The molecule has 0 spiro atoms. The molecule has 0 atom stereocenters. The standard InChI is InChI=1S/C20H20ClNO4/c21-16-11-15-2-1-9-26-19(15)17(12-16)20(25)22-8-7-13-3-5-14(6-4-13)10-18(23)24/h3-6,11-12H,1-2,7-10H2,(H,22,25)(H,23,24). The van der Waals surface area contributed by atoms with Crippen LogP contribution in [0.5, 0.6) is 5.75 Å². The van der Waals surface area contributed by atoms with E-state index in [1.54, 1.807) is 18.2 Å². The molecule has 0 saturated heterocycles. The van der Waals surface area contributed by atoms with E-state index >= 15 is 0 Å². The number of aryl methyl sites for hydroxylation is 1. The van der Waals surface area contributed by atoms with Gasteiger partial charge in [0.15, 0.2) is 0 Å². The Kier molecular flexibility index (Phi) is 5.78. The lowest BCUT2D eigenvalue weighted by atomic mass is 10.0. The summed E-state index contributed by atoms with van der Waals surface area (Å²) in [6.45, 7) is 1.08. The van der Waals surface area contributed by atoms with Gasteiger partial charge < -0.3 is 15.2 Å². The monoisotopic (exact) mass is 373 g/mol. The van der Waals surface area contributed by atoms with E-state index in [0.717, 1.165) is 29.5 Å². The Morgan fingerprint density at radius 3 is 2.62 bits per heavy atom. The second kappa shape index (κ2) is 8.23. The fraction of sp³-hybridized carbons (Fsp3) is 0.300. The van der Waals surface area contributed by atoms with Gasteiger partial charge in [-0.1, -0.05) is 35.9 Å². The normalized spacial score (nSPS) is 12.8. The van der Waals surface area contributed by atoms with Crippen LogP contribution in [0.15, 0.2) is 36.4 Å². The fourth-order valence-electron chi connectivity index (χ4n) is 3.03.